The number of phenolic OH excluding ortho intramolecular Hbond substituents is 1. The molecule has 0 saturated carbocycles. The van der Waals surface area contributed by atoms with Gasteiger partial charge in [-0.15, -0.1) is 0 Å². The van der Waals surface area contributed by atoms with Crippen molar-refractivity contribution < 1.29 is 19.0 Å². The van der Waals surface area contributed by atoms with Gasteiger partial charge in [0.25, 0.3) is 5.91 Å². The second-order valence-corrected chi connectivity index (χ2v) is 4.55. The van der Waals surface area contributed by atoms with Gasteiger partial charge in [0.1, 0.15) is 23.9 Å². The third-order valence-electron chi connectivity index (χ3n) is 2.99. The van der Waals surface area contributed by atoms with Crippen LogP contribution in [0.15, 0.2) is 48.5 Å². The van der Waals surface area contributed by atoms with Gasteiger partial charge >= 0.3 is 0 Å². The molecule has 0 fully saturated rings. The molecule has 0 atom stereocenters. The predicted octanol–water partition coefficient (Wildman–Crippen LogP) is 2.68. The van der Waals surface area contributed by atoms with E-state index in [2.05, 4.69) is 0 Å². The van der Waals surface area contributed by atoms with Gasteiger partial charge in [-0.2, -0.15) is 0 Å². The van der Waals surface area contributed by atoms with Gasteiger partial charge in [0.2, 0.25) is 0 Å². The van der Waals surface area contributed by atoms with Crippen molar-refractivity contribution in [2.75, 3.05) is 20.2 Å². The predicted molar refractivity (Wildman–Crippen MR) is 77.0 cm³/mol. The van der Waals surface area contributed by atoms with Crippen LogP contribution in [-0.2, 0) is 0 Å². The zero-order valence-electron chi connectivity index (χ0n) is 11.6. The summed E-state index contributed by atoms with van der Waals surface area (Å²) in [5.41, 5.74) is 0.252. The molecule has 0 bridgehead atoms. The van der Waals surface area contributed by atoms with E-state index in [0.29, 0.717) is 12.3 Å². The number of phenols is 1. The van der Waals surface area contributed by atoms with Gasteiger partial charge in [0, 0.05) is 7.05 Å². The van der Waals surface area contributed by atoms with Crippen molar-refractivity contribution in [3.63, 3.8) is 0 Å². The summed E-state index contributed by atoms with van der Waals surface area (Å²) < 4.78 is 18.2. The van der Waals surface area contributed by atoms with Crippen LogP contribution in [0.25, 0.3) is 0 Å². The lowest BCUT2D eigenvalue weighted by atomic mass is 10.2. The molecule has 21 heavy (non-hydrogen) atoms. The molecule has 0 unspecified atom stereocenters. The number of nitrogens with zero attached hydrogens (tertiary/aromatic N) is 1. The highest BCUT2D eigenvalue weighted by molar-refractivity contribution is 5.96. The van der Waals surface area contributed by atoms with Gasteiger partial charge in [-0.1, -0.05) is 12.1 Å². The Labute approximate surface area is 122 Å². The Balaban J connectivity index is 1.87. The van der Waals surface area contributed by atoms with Crippen molar-refractivity contribution in [2.24, 2.45) is 0 Å². The summed E-state index contributed by atoms with van der Waals surface area (Å²) >= 11 is 0. The molecular formula is C16H16FNO3. The number of carbonyl (C=O) groups excluding carboxylic acids is 1. The van der Waals surface area contributed by atoms with Crippen LogP contribution in [0.5, 0.6) is 11.5 Å². The Morgan fingerprint density at radius 2 is 1.86 bits per heavy atom. The average Bonchev–Trinajstić information content (AvgIpc) is 2.49. The van der Waals surface area contributed by atoms with Crippen LogP contribution in [0.4, 0.5) is 4.39 Å². The van der Waals surface area contributed by atoms with Gasteiger partial charge in [-0.25, -0.2) is 4.39 Å². The molecule has 1 N–H and O–H groups in total. The Bertz CT molecular complexity index is 613. The SMILES string of the molecule is CN(CCOc1ccc(F)cc1)C(=O)c1ccccc1O. The fourth-order valence-electron chi connectivity index (χ4n) is 1.79. The molecule has 0 saturated heterocycles. The van der Waals surface area contributed by atoms with Crippen LogP contribution in [0.3, 0.4) is 0 Å². The summed E-state index contributed by atoms with van der Waals surface area (Å²) in [6.07, 6.45) is 0. The number of aromatic hydroxyl groups is 1. The Morgan fingerprint density at radius 1 is 1.19 bits per heavy atom. The maximum Gasteiger partial charge on any atom is 0.257 e. The average molecular weight is 289 g/mol. The largest absolute Gasteiger partial charge is 0.507 e. The molecule has 0 aromatic heterocycles. The van der Waals surface area contributed by atoms with E-state index >= 15 is 0 Å². The molecular weight excluding hydrogens is 273 g/mol. The summed E-state index contributed by atoms with van der Waals surface area (Å²) in [6.45, 7) is 0.631. The lowest BCUT2D eigenvalue weighted by Crippen LogP contribution is -2.30. The highest BCUT2D eigenvalue weighted by Crippen LogP contribution is 2.17. The quantitative estimate of drug-likeness (QED) is 0.920. The van der Waals surface area contributed by atoms with E-state index in [4.69, 9.17) is 4.74 Å². The van der Waals surface area contributed by atoms with Gasteiger partial charge in [0.05, 0.1) is 12.1 Å². The molecule has 0 radical (unpaired) electrons. The summed E-state index contributed by atoms with van der Waals surface area (Å²) in [5, 5.41) is 9.64. The van der Waals surface area contributed by atoms with Crippen LogP contribution in [0.2, 0.25) is 0 Å². The lowest BCUT2D eigenvalue weighted by molar-refractivity contribution is 0.0771. The van der Waals surface area contributed by atoms with Gasteiger partial charge in [-0.3, -0.25) is 4.79 Å². The summed E-state index contributed by atoms with van der Waals surface area (Å²) in [4.78, 5) is 13.6. The Morgan fingerprint density at radius 3 is 2.52 bits per heavy atom. The van der Waals surface area contributed by atoms with Gasteiger partial charge < -0.3 is 14.7 Å². The number of rotatable bonds is 5. The van der Waals surface area contributed by atoms with E-state index < -0.39 is 0 Å². The Hall–Kier alpha value is -2.56. The summed E-state index contributed by atoms with van der Waals surface area (Å²) in [7, 11) is 1.63. The van der Waals surface area contributed by atoms with E-state index in [9.17, 15) is 14.3 Å². The molecule has 2 aromatic rings. The van der Waals surface area contributed by atoms with Crippen molar-refractivity contribution in [1.29, 1.82) is 0 Å². The number of hydrogen-bond acceptors (Lipinski definition) is 3. The number of benzene rings is 2. The van der Waals surface area contributed by atoms with Crippen molar-refractivity contribution in [3.8, 4) is 11.5 Å². The van der Waals surface area contributed by atoms with E-state index in [-0.39, 0.29) is 29.6 Å². The maximum atomic E-state index is 12.7. The zero-order chi connectivity index (χ0) is 15.2. The molecule has 1 amide bonds. The monoisotopic (exact) mass is 289 g/mol. The van der Waals surface area contributed by atoms with E-state index in [0.717, 1.165) is 0 Å². The van der Waals surface area contributed by atoms with Gasteiger partial charge in [-0.05, 0) is 36.4 Å². The van der Waals surface area contributed by atoms with Crippen molar-refractivity contribution >= 4 is 5.91 Å². The molecule has 0 aliphatic carbocycles. The first-order valence-corrected chi connectivity index (χ1v) is 6.50. The molecule has 0 aliphatic rings. The van der Waals surface area contributed by atoms with Gasteiger partial charge in [0.15, 0.2) is 0 Å². The standard InChI is InChI=1S/C16H16FNO3/c1-18(16(20)14-4-2-3-5-15(14)19)10-11-21-13-8-6-12(17)7-9-13/h2-9,19H,10-11H2,1H3. The number of para-hydroxylation sites is 1. The third kappa shape index (κ3) is 3.95. The summed E-state index contributed by atoms with van der Waals surface area (Å²) in [6, 6.07) is 12.1. The van der Waals surface area contributed by atoms with Crippen LogP contribution >= 0.6 is 0 Å². The number of halogens is 1. The molecule has 0 aliphatic heterocycles. The molecule has 4 nitrogen and oxygen atoms in total. The minimum Gasteiger partial charge on any atom is -0.507 e. The minimum absolute atomic E-state index is 0.0474. The first-order chi connectivity index (χ1) is 10.1. The maximum absolute atomic E-state index is 12.7. The summed E-state index contributed by atoms with van der Waals surface area (Å²) in [5.74, 6) is -0.112. The second-order valence-electron chi connectivity index (χ2n) is 4.55. The molecule has 0 heterocycles. The number of hydrogen-bond donors (Lipinski definition) is 1. The van der Waals surface area contributed by atoms with Crippen LogP contribution in [0.1, 0.15) is 10.4 Å². The fourth-order valence-corrected chi connectivity index (χ4v) is 1.79. The third-order valence-corrected chi connectivity index (χ3v) is 2.99. The van der Waals surface area contributed by atoms with Crippen molar-refractivity contribution in [2.45, 2.75) is 0 Å². The van der Waals surface area contributed by atoms with Crippen molar-refractivity contribution in [3.05, 3.63) is 59.9 Å². The van der Waals surface area contributed by atoms with E-state index in [1.54, 1.807) is 25.2 Å². The molecule has 110 valence electrons. The normalized spacial score (nSPS) is 10.2. The number of carbonyl (C=O) groups is 1. The minimum atomic E-state index is -0.325. The first-order valence-electron chi connectivity index (χ1n) is 6.50. The highest BCUT2D eigenvalue weighted by atomic mass is 19.1. The highest BCUT2D eigenvalue weighted by Gasteiger charge is 2.14. The molecule has 2 rings (SSSR count). The lowest BCUT2D eigenvalue weighted by Gasteiger charge is -2.18. The van der Waals surface area contributed by atoms with E-state index in [1.165, 1.54) is 35.2 Å². The molecule has 2 aromatic carbocycles. The van der Waals surface area contributed by atoms with Crippen LogP contribution in [0, 0.1) is 5.82 Å². The topological polar surface area (TPSA) is 49.8 Å². The first kappa shape index (κ1) is 14.8. The zero-order valence-corrected chi connectivity index (χ0v) is 11.6. The number of ether oxygens (including phenoxy) is 1. The molecule has 5 heteroatoms. The smallest absolute Gasteiger partial charge is 0.257 e. The number of amides is 1. The second kappa shape index (κ2) is 6.74. The number of likely N-dealkylation sites (N-methyl/N-ethyl adjacent to an activating group) is 1. The van der Waals surface area contributed by atoms with Crippen LogP contribution < -0.4 is 4.74 Å². The van der Waals surface area contributed by atoms with E-state index in [1.807, 2.05) is 0 Å². The fraction of sp³-hybridized carbons (Fsp3) is 0.188. The molecule has 0 spiro atoms. The Kier molecular flexibility index (Phi) is 4.77. The van der Waals surface area contributed by atoms with Crippen molar-refractivity contribution in [1.82, 2.24) is 4.90 Å². The van der Waals surface area contributed by atoms with Crippen LogP contribution in [-0.4, -0.2) is 36.1 Å².